The van der Waals surface area contributed by atoms with E-state index in [-0.39, 0.29) is 3.57 Å². The third-order valence-electron chi connectivity index (χ3n) is 1.43. The van der Waals surface area contributed by atoms with Gasteiger partial charge < -0.3 is 0 Å². The SMILES string of the molecule is FC(F)c1nc(C(F)(F)F)c(Cl)cc1I. The molecule has 1 nitrogen and oxygen atoms in total. The van der Waals surface area contributed by atoms with Gasteiger partial charge in [-0.3, -0.25) is 0 Å². The predicted octanol–water partition coefficient (Wildman–Crippen LogP) is 4.30. The Morgan fingerprint density at radius 3 is 2.27 bits per heavy atom. The van der Waals surface area contributed by atoms with E-state index in [2.05, 4.69) is 4.98 Å². The van der Waals surface area contributed by atoms with Crippen LogP contribution in [0.2, 0.25) is 5.02 Å². The Morgan fingerprint density at radius 2 is 1.87 bits per heavy atom. The van der Waals surface area contributed by atoms with E-state index in [0.717, 1.165) is 6.07 Å². The van der Waals surface area contributed by atoms with Gasteiger partial charge in [0.05, 0.1) is 5.02 Å². The van der Waals surface area contributed by atoms with Crippen molar-refractivity contribution in [2.75, 3.05) is 0 Å². The van der Waals surface area contributed by atoms with E-state index in [4.69, 9.17) is 11.6 Å². The molecule has 0 spiro atoms. The molecule has 0 unspecified atom stereocenters. The van der Waals surface area contributed by atoms with Crippen molar-refractivity contribution in [1.29, 1.82) is 0 Å². The summed E-state index contributed by atoms with van der Waals surface area (Å²) in [5.41, 5.74) is -2.40. The Kier molecular flexibility index (Phi) is 3.75. The first-order chi connectivity index (χ1) is 6.73. The highest BCUT2D eigenvalue weighted by Gasteiger charge is 2.36. The van der Waals surface area contributed by atoms with Gasteiger partial charge in [0.2, 0.25) is 0 Å². The van der Waals surface area contributed by atoms with Crippen LogP contribution in [0.15, 0.2) is 6.07 Å². The van der Waals surface area contributed by atoms with Crippen molar-refractivity contribution in [1.82, 2.24) is 4.98 Å². The lowest BCUT2D eigenvalue weighted by Crippen LogP contribution is -2.11. The fraction of sp³-hybridized carbons (Fsp3) is 0.286. The first kappa shape index (κ1) is 12.9. The van der Waals surface area contributed by atoms with E-state index >= 15 is 0 Å². The Bertz CT molecular complexity index is 378. The quantitative estimate of drug-likeness (QED) is 0.540. The minimum atomic E-state index is -4.83. The normalized spacial score (nSPS) is 12.3. The summed E-state index contributed by atoms with van der Waals surface area (Å²) >= 11 is 6.71. The van der Waals surface area contributed by atoms with Gasteiger partial charge in [-0.2, -0.15) is 13.2 Å². The summed E-state index contributed by atoms with van der Waals surface area (Å²) in [4.78, 5) is 2.83. The number of alkyl halides is 5. The van der Waals surface area contributed by atoms with E-state index in [1.165, 1.54) is 22.6 Å². The zero-order valence-corrected chi connectivity index (χ0v) is 9.66. The average Bonchev–Trinajstić information content (AvgIpc) is 2.00. The first-order valence-electron chi connectivity index (χ1n) is 3.44. The second kappa shape index (κ2) is 4.36. The van der Waals surface area contributed by atoms with Crippen LogP contribution >= 0.6 is 34.2 Å². The Morgan fingerprint density at radius 1 is 1.33 bits per heavy atom. The van der Waals surface area contributed by atoms with Gasteiger partial charge in [-0.25, -0.2) is 13.8 Å². The molecule has 0 radical (unpaired) electrons. The maximum atomic E-state index is 12.3. The van der Waals surface area contributed by atoms with Crippen molar-refractivity contribution in [3.05, 3.63) is 26.0 Å². The molecule has 0 N–H and O–H groups in total. The molecule has 0 saturated heterocycles. The lowest BCUT2D eigenvalue weighted by atomic mass is 10.3. The van der Waals surface area contributed by atoms with Crippen LogP contribution in [0.5, 0.6) is 0 Å². The molecule has 1 heterocycles. The number of pyridine rings is 1. The number of rotatable bonds is 1. The van der Waals surface area contributed by atoms with Crippen molar-refractivity contribution in [3.63, 3.8) is 0 Å². The standard InChI is InChI=1S/C7H2ClF5IN/c8-2-1-3(14)4(6(9)10)15-5(2)7(11,12)13/h1,6H. The predicted molar refractivity (Wildman–Crippen MR) is 51.9 cm³/mol. The number of hydrogen-bond donors (Lipinski definition) is 0. The zero-order valence-electron chi connectivity index (χ0n) is 6.75. The van der Waals surface area contributed by atoms with Gasteiger partial charge in [0.1, 0.15) is 5.69 Å². The maximum Gasteiger partial charge on any atom is 0.434 e. The number of aromatic nitrogens is 1. The third-order valence-corrected chi connectivity index (χ3v) is 2.58. The van der Waals surface area contributed by atoms with Crippen LogP contribution in [-0.4, -0.2) is 4.98 Å². The number of nitrogens with zero attached hydrogens (tertiary/aromatic N) is 1. The molecule has 0 saturated carbocycles. The summed E-state index contributed by atoms with van der Waals surface area (Å²) in [7, 11) is 0. The maximum absolute atomic E-state index is 12.3. The fourth-order valence-electron chi connectivity index (χ4n) is 0.833. The molecule has 84 valence electrons. The highest BCUT2D eigenvalue weighted by atomic mass is 127. The van der Waals surface area contributed by atoms with Crippen LogP contribution in [0.4, 0.5) is 22.0 Å². The van der Waals surface area contributed by atoms with Crippen molar-refractivity contribution >= 4 is 34.2 Å². The smallest absolute Gasteiger partial charge is 0.240 e. The summed E-state index contributed by atoms with van der Waals surface area (Å²) < 4.78 is 61.1. The molecule has 0 fully saturated rings. The summed E-state index contributed by atoms with van der Waals surface area (Å²) in [5.74, 6) is 0. The molecule has 8 heteroatoms. The van der Waals surface area contributed by atoms with E-state index in [1.807, 2.05) is 0 Å². The monoisotopic (exact) mass is 357 g/mol. The fourth-order valence-corrected chi connectivity index (χ4v) is 1.94. The van der Waals surface area contributed by atoms with Crippen LogP contribution in [0.3, 0.4) is 0 Å². The van der Waals surface area contributed by atoms with Crippen molar-refractivity contribution in [3.8, 4) is 0 Å². The highest BCUT2D eigenvalue weighted by Crippen LogP contribution is 2.36. The molecular formula is C7H2ClF5IN. The van der Waals surface area contributed by atoms with Gasteiger partial charge in [0.15, 0.2) is 5.69 Å². The zero-order chi connectivity index (χ0) is 11.8. The average molecular weight is 357 g/mol. The summed E-state index contributed by atoms with van der Waals surface area (Å²) in [6.45, 7) is 0. The van der Waals surface area contributed by atoms with Crippen LogP contribution < -0.4 is 0 Å². The summed E-state index contributed by atoms with van der Waals surface area (Å²) in [6.07, 6.45) is -7.89. The molecule has 0 aliphatic rings. The highest BCUT2D eigenvalue weighted by molar-refractivity contribution is 14.1. The van der Waals surface area contributed by atoms with Gasteiger partial charge in [-0.05, 0) is 28.7 Å². The molecule has 0 atom stereocenters. The molecular weight excluding hydrogens is 355 g/mol. The van der Waals surface area contributed by atoms with Crippen molar-refractivity contribution in [2.45, 2.75) is 12.6 Å². The molecule has 0 bridgehead atoms. The van der Waals surface area contributed by atoms with E-state index < -0.39 is 29.0 Å². The minimum Gasteiger partial charge on any atom is -0.240 e. The van der Waals surface area contributed by atoms with Gasteiger partial charge >= 0.3 is 6.18 Å². The Labute approximate surface area is 99.8 Å². The van der Waals surface area contributed by atoms with Crippen LogP contribution in [0.25, 0.3) is 0 Å². The number of halogens is 7. The van der Waals surface area contributed by atoms with Gasteiger partial charge in [0, 0.05) is 3.57 Å². The van der Waals surface area contributed by atoms with Crippen LogP contribution in [0.1, 0.15) is 17.8 Å². The van der Waals surface area contributed by atoms with Gasteiger partial charge in [0.25, 0.3) is 6.43 Å². The van der Waals surface area contributed by atoms with E-state index in [0.29, 0.717) is 0 Å². The molecule has 0 aliphatic heterocycles. The third kappa shape index (κ3) is 2.90. The second-order valence-corrected chi connectivity index (χ2v) is 4.05. The molecule has 1 aromatic heterocycles. The Hall–Kier alpha value is -0.180. The van der Waals surface area contributed by atoms with Crippen molar-refractivity contribution < 1.29 is 22.0 Å². The number of hydrogen-bond acceptors (Lipinski definition) is 1. The van der Waals surface area contributed by atoms with Crippen molar-refractivity contribution in [2.24, 2.45) is 0 Å². The molecule has 0 aliphatic carbocycles. The molecule has 1 rings (SSSR count). The molecule has 0 aromatic carbocycles. The molecule has 1 aromatic rings. The Balaban J connectivity index is 3.37. The molecule has 0 amide bonds. The first-order valence-corrected chi connectivity index (χ1v) is 4.90. The summed E-state index contributed by atoms with van der Waals surface area (Å²) in [5, 5.41) is -0.684. The largest absolute Gasteiger partial charge is 0.434 e. The van der Waals surface area contributed by atoms with Gasteiger partial charge in [-0.1, -0.05) is 11.6 Å². The topological polar surface area (TPSA) is 12.9 Å². The van der Waals surface area contributed by atoms with Crippen LogP contribution in [-0.2, 0) is 6.18 Å². The lowest BCUT2D eigenvalue weighted by Gasteiger charge is -2.10. The van der Waals surface area contributed by atoms with E-state index in [9.17, 15) is 22.0 Å². The second-order valence-electron chi connectivity index (χ2n) is 2.48. The van der Waals surface area contributed by atoms with Crippen LogP contribution in [0, 0.1) is 3.57 Å². The minimum absolute atomic E-state index is 0.0967. The summed E-state index contributed by atoms with van der Waals surface area (Å²) in [6, 6.07) is 0.819. The lowest BCUT2D eigenvalue weighted by molar-refractivity contribution is -0.141. The van der Waals surface area contributed by atoms with Gasteiger partial charge in [-0.15, -0.1) is 0 Å². The van der Waals surface area contributed by atoms with E-state index in [1.54, 1.807) is 0 Å². The molecule has 15 heavy (non-hydrogen) atoms.